The zero-order valence-corrected chi connectivity index (χ0v) is 20.3. The third kappa shape index (κ3) is 4.27. The van der Waals surface area contributed by atoms with Crippen LogP contribution in [-0.2, 0) is 9.59 Å². The Morgan fingerprint density at radius 2 is 2.00 bits per heavy atom. The molecule has 7 atom stereocenters. The monoisotopic (exact) mass is 467 g/mol. The fourth-order valence-corrected chi connectivity index (χ4v) is 7.25. The second kappa shape index (κ2) is 9.96. The van der Waals surface area contributed by atoms with Crippen molar-refractivity contribution < 1.29 is 9.59 Å². The maximum atomic E-state index is 13.4. The molecule has 186 valence electrons. The van der Waals surface area contributed by atoms with Crippen molar-refractivity contribution in [2.75, 3.05) is 19.8 Å². The number of nitrogens with zero attached hydrogens (tertiary/aromatic N) is 1. The lowest BCUT2D eigenvalue weighted by Gasteiger charge is -2.43. The van der Waals surface area contributed by atoms with Crippen LogP contribution in [0.15, 0.2) is 30.3 Å². The van der Waals surface area contributed by atoms with E-state index in [2.05, 4.69) is 45.9 Å². The predicted octanol–water partition coefficient (Wildman–Crippen LogP) is 2.07. The van der Waals surface area contributed by atoms with Crippen LogP contribution in [0.1, 0.15) is 69.3 Å². The number of nitrogens with one attached hydrogen (secondary N) is 2. The van der Waals surface area contributed by atoms with Crippen LogP contribution in [0.4, 0.5) is 0 Å². The van der Waals surface area contributed by atoms with E-state index in [0.717, 1.165) is 38.0 Å². The zero-order valence-electron chi connectivity index (χ0n) is 20.3. The average Bonchev–Trinajstić information content (AvgIpc) is 3.45. The van der Waals surface area contributed by atoms with Crippen LogP contribution in [0.5, 0.6) is 0 Å². The second-order valence-electron chi connectivity index (χ2n) is 11.0. The van der Waals surface area contributed by atoms with Gasteiger partial charge in [-0.25, -0.2) is 0 Å². The van der Waals surface area contributed by atoms with Gasteiger partial charge in [-0.1, -0.05) is 36.8 Å². The minimum absolute atomic E-state index is 0.0838. The Hall–Kier alpha value is -1.96. The van der Waals surface area contributed by atoms with Crippen LogP contribution >= 0.6 is 0 Å². The largest absolute Gasteiger partial charge is 0.355 e. The highest BCUT2D eigenvalue weighted by molar-refractivity contribution is 5.84. The number of hydrogen-bond acceptors (Lipinski definition) is 5. The van der Waals surface area contributed by atoms with Gasteiger partial charge in [0.25, 0.3) is 0 Å². The van der Waals surface area contributed by atoms with Crippen molar-refractivity contribution in [2.24, 2.45) is 28.7 Å². The molecule has 7 heteroatoms. The molecule has 1 aromatic carbocycles. The van der Waals surface area contributed by atoms with Crippen LogP contribution in [0.2, 0.25) is 0 Å². The van der Waals surface area contributed by atoms with E-state index in [9.17, 15) is 9.59 Å². The molecule has 2 amide bonds. The molecule has 5 rings (SSSR count). The Balaban J connectivity index is 1.09. The molecule has 0 bridgehead atoms. The number of hydrogen-bond donors (Lipinski definition) is 4. The van der Waals surface area contributed by atoms with E-state index in [1.54, 1.807) is 0 Å². The molecule has 1 saturated heterocycles. The van der Waals surface area contributed by atoms with E-state index in [1.165, 1.54) is 24.8 Å². The van der Waals surface area contributed by atoms with Gasteiger partial charge in [-0.2, -0.15) is 0 Å². The van der Waals surface area contributed by atoms with Gasteiger partial charge >= 0.3 is 0 Å². The van der Waals surface area contributed by atoms with Crippen LogP contribution in [0.3, 0.4) is 0 Å². The third-order valence-corrected chi connectivity index (χ3v) is 9.21. The average molecular weight is 468 g/mol. The Kier molecular flexibility index (Phi) is 6.96. The summed E-state index contributed by atoms with van der Waals surface area (Å²) in [7, 11) is 0. The molecule has 3 saturated carbocycles. The molecular formula is C27H41N5O2. The number of nitrogens with two attached hydrogens (primary N) is 2. The molecule has 0 aromatic heterocycles. The molecule has 1 spiro atoms. The van der Waals surface area contributed by atoms with Gasteiger partial charge in [-0.05, 0) is 80.7 Å². The van der Waals surface area contributed by atoms with E-state index in [1.807, 2.05) is 0 Å². The van der Waals surface area contributed by atoms with E-state index in [0.29, 0.717) is 49.5 Å². The molecule has 1 heterocycles. The first kappa shape index (κ1) is 23.8. The number of unbranched alkanes of at least 4 members (excludes halogenated alkanes) is 2. The van der Waals surface area contributed by atoms with Gasteiger partial charge in [-0.3, -0.25) is 14.9 Å². The predicted molar refractivity (Wildman–Crippen MR) is 133 cm³/mol. The number of amides is 2. The van der Waals surface area contributed by atoms with Crippen molar-refractivity contribution in [3.63, 3.8) is 0 Å². The second-order valence-corrected chi connectivity index (χ2v) is 11.0. The lowest BCUT2D eigenvalue weighted by atomic mass is 9.68. The summed E-state index contributed by atoms with van der Waals surface area (Å²) in [5.74, 6) is 2.12. The maximum Gasteiger partial charge on any atom is 0.241 e. The summed E-state index contributed by atoms with van der Waals surface area (Å²) in [6.07, 6.45) is 9.01. The van der Waals surface area contributed by atoms with E-state index in [-0.39, 0.29) is 17.9 Å². The Morgan fingerprint density at radius 3 is 2.74 bits per heavy atom. The van der Waals surface area contributed by atoms with Crippen LogP contribution in [0.25, 0.3) is 0 Å². The highest BCUT2D eigenvalue weighted by Crippen LogP contribution is 2.80. The molecular weight excluding hydrogens is 426 g/mol. The van der Waals surface area contributed by atoms with Gasteiger partial charge in [-0.15, -0.1) is 0 Å². The van der Waals surface area contributed by atoms with E-state index < -0.39 is 6.04 Å². The molecule has 0 radical (unpaired) electrons. The smallest absolute Gasteiger partial charge is 0.241 e. The first-order chi connectivity index (χ1) is 16.6. The maximum absolute atomic E-state index is 13.4. The summed E-state index contributed by atoms with van der Waals surface area (Å²) in [5, 5.41) is 6.44. The lowest BCUT2D eigenvalue weighted by molar-refractivity contribution is -0.133. The zero-order chi connectivity index (χ0) is 23.7. The number of benzene rings is 1. The van der Waals surface area contributed by atoms with Crippen molar-refractivity contribution in [2.45, 2.75) is 81.8 Å². The molecule has 7 nitrogen and oxygen atoms in total. The summed E-state index contributed by atoms with van der Waals surface area (Å²) in [4.78, 5) is 27.7. The summed E-state index contributed by atoms with van der Waals surface area (Å²) >= 11 is 0. The summed E-state index contributed by atoms with van der Waals surface area (Å²) < 4.78 is 0. The Morgan fingerprint density at radius 1 is 1.18 bits per heavy atom. The van der Waals surface area contributed by atoms with Crippen LogP contribution in [-0.4, -0.2) is 54.6 Å². The number of carbonyl (C=O) groups is 2. The Labute approximate surface area is 203 Å². The standard InChI is InChI=1S/C27H41N5O2/c28-14-6-4-10-21(29)25(33)30-15-7-5-11-22-26(34)32(17-31-22)24-19-12-13-27(19)16-20(27)23(24)18-8-2-1-3-9-18/h1-3,8-9,19-24,31H,4-7,10-17,28-29H2,(H,30,33). The molecule has 34 heavy (non-hydrogen) atoms. The van der Waals surface area contributed by atoms with Gasteiger partial charge in [0.1, 0.15) is 0 Å². The van der Waals surface area contributed by atoms with Gasteiger partial charge < -0.3 is 21.7 Å². The third-order valence-electron chi connectivity index (χ3n) is 9.21. The van der Waals surface area contributed by atoms with Crippen molar-refractivity contribution in [3.8, 4) is 0 Å². The van der Waals surface area contributed by atoms with Crippen molar-refractivity contribution in [3.05, 3.63) is 35.9 Å². The molecule has 1 aromatic rings. The molecule has 4 fully saturated rings. The molecule has 6 N–H and O–H groups in total. The minimum atomic E-state index is -0.455. The number of rotatable bonds is 12. The summed E-state index contributed by atoms with van der Waals surface area (Å²) in [5.41, 5.74) is 13.4. The lowest BCUT2D eigenvalue weighted by Crippen LogP contribution is -2.48. The quantitative estimate of drug-likeness (QED) is 0.352. The van der Waals surface area contributed by atoms with Gasteiger partial charge in [0.05, 0.1) is 18.8 Å². The van der Waals surface area contributed by atoms with Crippen molar-refractivity contribution in [1.82, 2.24) is 15.5 Å². The van der Waals surface area contributed by atoms with Gasteiger partial charge in [0, 0.05) is 18.5 Å². The first-order valence-electron chi connectivity index (χ1n) is 13.4. The van der Waals surface area contributed by atoms with Gasteiger partial charge in [0.2, 0.25) is 11.8 Å². The minimum Gasteiger partial charge on any atom is -0.355 e. The van der Waals surface area contributed by atoms with E-state index in [4.69, 9.17) is 11.5 Å². The summed E-state index contributed by atoms with van der Waals surface area (Å²) in [6.45, 7) is 1.92. The van der Waals surface area contributed by atoms with Crippen molar-refractivity contribution in [1.29, 1.82) is 0 Å². The molecule has 7 unspecified atom stereocenters. The SMILES string of the molecule is NCCCCC(N)C(=O)NCCCCC1NCN(C2C(c3ccccc3)C3CC34CCC24)C1=O. The molecule has 3 aliphatic carbocycles. The fourth-order valence-electron chi connectivity index (χ4n) is 7.25. The van der Waals surface area contributed by atoms with Crippen LogP contribution in [0, 0.1) is 17.3 Å². The summed E-state index contributed by atoms with van der Waals surface area (Å²) in [6, 6.07) is 10.7. The Bertz CT molecular complexity index is 879. The topological polar surface area (TPSA) is 113 Å². The normalized spacial score (nSPS) is 34.4. The van der Waals surface area contributed by atoms with Crippen LogP contribution < -0.4 is 22.1 Å². The molecule has 4 aliphatic rings. The van der Waals surface area contributed by atoms with Crippen molar-refractivity contribution >= 4 is 11.8 Å². The highest BCUT2D eigenvalue weighted by atomic mass is 16.2. The first-order valence-corrected chi connectivity index (χ1v) is 13.4. The number of carbonyl (C=O) groups excluding carboxylic acids is 2. The molecule has 1 aliphatic heterocycles. The fraction of sp³-hybridized carbons (Fsp3) is 0.704. The van der Waals surface area contributed by atoms with E-state index >= 15 is 0 Å². The van der Waals surface area contributed by atoms with Gasteiger partial charge in [0.15, 0.2) is 0 Å². The highest BCUT2D eigenvalue weighted by Gasteiger charge is 2.75.